The number of pyridine rings is 1. The van der Waals surface area contributed by atoms with Crippen molar-refractivity contribution in [2.24, 2.45) is 0 Å². The van der Waals surface area contributed by atoms with E-state index in [9.17, 15) is 9.59 Å². The number of carbonyl (C=O) groups excluding carboxylic acids is 1. The second-order valence-electron chi connectivity index (χ2n) is 5.45. The Morgan fingerprint density at radius 2 is 2.05 bits per heavy atom. The molecule has 1 aromatic carbocycles. The van der Waals surface area contributed by atoms with Gasteiger partial charge in [-0.1, -0.05) is 24.3 Å². The summed E-state index contributed by atoms with van der Waals surface area (Å²) >= 11 is 0. The van der Waals surface area contributed by atoms with Crippen molar-refractivity contribution in [3.8, 4) is 0 Å². The second-order valence-corrected chi connectivity index (χ2v) is 5.45. The van der Waals surface area contributed by atoms with Gasteiger partial charge in [0.25, 0.3) is 5.91 Å². The van der Waals surface area contributed by atoms with Crippen LogP contribution in [0.15, 0.2) is 47.4 Å². The molecule has 1 aliphatic heterocycles. The normalized spacial score (nSPS) is 18.0. The third-order valence-electron chi connectivity index (χ3n) is 4.09. The zero-order chi connectivity index (χ0) is 14.8. The van der Waals surface area contributed by atoms with Gasteiger partial charge in [0, 0.05) is 18.8 Å². The van der Waals surface area contributed by atoms with Crippen molar-refractivity contribution in [1.82, 2.24) is 9.88 Å². The Labute approximate surface area is 123 Å². The lowest BCUT2D eigenvalue weighted by Crippen LogP contribution is -2.31. The molecular weight excluding hydrogens is 264 g/mol. The number of carbonyl (C=O) groups is 1. The average molecular weight is 282 g/mol. The first-order valence-electron chi connectivity index (χ1n) is 7.22. The van der Waals surface area contributed by atoms with Crippen molar-refractivity contribution in [2.75, 3.05) is 6.54 Å². The van der Waals surface area contributed by atoms with Crippen LogP contribution in [0.3, 0.4) is 0 Å². The van der Waals surface area contributed by atoms with Crippen LogP contribution in [0.25, 0.3) is 0 Å². The smallest absolute Gasteiger partial charge is 0.255 e. The predicted octanol–water partition coefficient (Wildman–Crippen LogP) is 2.66. The molecule has 108 valence electrons. The summed E-state index contributed by atoms with van der Waals surface area (Å²) in [6.45, 7) is 2.84. The highest BCUT2D eigenvalue weighted by Gasteiger charge is 2.31. The molecule has 1 fully saturated rings. The summed E-state index contributed by atoms with van der Waals surface area (Å²) in [5.41, 5.74) is 2.77. The highest BCUT2D eigenvalue weighted by atomic mass is 16.2. The number of nitrogens with zero attached hydrogens (tertiary/aromatic N) is 1. The van der Waals surface area contributed by atoms with E-state index in [-0.39, 0.29) is 17.5 Å². The van der Waals surface area contributed by atoms with Gasteiger partial charge < -0.3 is 9.88 Å². The number of aryl methyl sites for hydroxylation is 1. The molecule has 1 saturated heterocycles. The molecular formula is C17H18N2O2. The molecule has 4 heteroatoms. The molecule has 3 rings (SSSR count). The molecule has 0 radical (unpaired) electrons. The Kier molecular flexibility index (Phi) is 3.60. The molecule has 0 aliphatic carbocycles. The predicted molar refractivity (Wildman–Crippen MR) is 81.3 cm³/mol. The van der Waals surface area contributed by atoms with Crippen molar-refractivity contribution in [3.63, 3.8) is 0 Å². The minimum Gasteiger partial charge on any atom is -0.332 e. The van der Waals surface area contributed by atoms with Gasteiger partial charge in [-0.15, -0.1) is 0 Å². The molecule has 1 aliphatic rings. The van der Waals surface area contributed by atoms with E-state index in [1.54, 1.807) is 6.07 Å². The number of hydrogen-bond acceptors (Lipinski definition) is 2. The van der Waals surface area contributed by atoms with E-state index >= 15 is 0 Å². The lowest BCUT2D eigenvalue weighted by atomic mass is 9.99. The fourth-order valence-electron chi connectivity index (χ4n) is 3.00. The molecule has 0 spiro atoms. The molecule has 2 heterocycles. The van der Waals surface area contributed by atoms with Gasteiger partial charge in [0.05, 0.1) is 11.6 Å². The number of likely N-dealkylation sites (tertiary alicyclic amines) is 1. The molecule has 1 N–H and O–H groups in total. The fourth-order valence-corrected chi connectivity index (χ4v) is 3.00. The van der Waals surface area contributed by atoms with Crippen LogP contribution in [0.2, 0.25) is 0 Å². The average Bonchev–Trinajstić information content (AvgIpc) is 2.97. The summed E-state index contributed by atoms with van der Waals surface area (Å²) in [6, 6.07) is 11.3. The topological polar surface area (TPSA) is 53.2 Å². The Bertz CT molecular complexity index is 700. The number of hydrogen-bond donors (Lipinski definition) is 1. The van der Waals surface area contributed by atoms with Gasteiger partial charge in [0.1, 0.15) is 0 Å². The monoisotopic (exact) mass is 282 g/mol. The molecule has 1 atom stereocenters. The minimum absolute atomic E-state index is 0.0167. The molecule has 0 unspecified atom stereocenters. The highest BCUT2D eigenvalue weighted by molar-refractivity contribution is 5.94. The summed E-state index contributed by atoms with van der Waals surface area (Å²) in [5, 5.41) is 0. The first kappa shape index (κ1) is 13.6. The molecule has 1 aromatic heterocycles. The van der Waals surface area contributed by atoms with Gasteiger partial charge in [0.15, 0.2) is 0 Å². The maximum absolute atomic E-state index is 12.7. The van der Waals surface area contributed by atoms with Gasteiger partial charge in [-0.3, -0.25) is 9.59 Å². The summed E-state index contributed by atoms with van der Waals surface area (Å²) < 4.78 is 0. The van der Waals surface area contributed by atoms with E-state index in [4.69, 9.17) is 0 Å². The Morgan fingerprint density at radius 1 is 1.24 bits per heavy atom. The second kappa shape index (κ2) is 5.56. The third kappa shape index (κ3) is 2.61. The molecule has 0 bridgehead atoms. The van der Waals surface area contributed by atoms with Crippen molar-refractivity contribution in [2.45, 2.75) is 25.8 Å². The summed E-state index contributed by atoms with van der Waals surface area (Å²) in [5.74, 6) is -0.0167. The number of H-pyrrole nitrogens is 1. The standard InChI is InChI=1S/C17H18N2O2/c1-12-5-2-3-6-14(12)15-7-4-10-19(15)17(21)13-8-9-16(20)18-11-13/h2-3,5-6,8-9,11,15H,4,7,10H2,1H3,(H,18,20)/t15-/m0/s1. The molecule has 4 nitrogen and oxygen atoms in total. The van der Waals surface area contributed by atoms with Crippen LogP contribution < -0.4 is 5.56 Å². The minimum atomic E-state index is -0.191. The highest BCUT2D eigenvalue weighted by Crippen LogP contribution is 2.34. The molecule has 2 aromatic rings. The lowest BCUT2D eigenvalue weighted by molar-refractivity contribution is 0.0735. The molecule has 21 heavy (non-hydrogen) atoms. The van der Waals surface area contributed by atoms with E-state index < -0.39 is 0 Å². The van der Waals surface area contributed by atoms with Crippen LogP contribution in [0, 0.1) is 6.92 Å². The van der Waals surface area contributed by atoms with Gasteiger partial charge >= 0.3 is 0 Å². The number of aromatic nitrogens is 1. The first-order valence-corrected chi connectivity index (χ1v) is 7.22. The largest absolute Gasteiger partial charge is 0.332 e. The number of benzene rings is 1. The maximum Gasteiger partial charge on any atom is 0.255 e. The van der Waals surface area contributed by atoms with Crippen LogP contribution in [0.1, 0.15) is 40.4 Å². The van der Waals surface area contributed by atoms with E-state index in [0.29, 0.717) is 5.56 Å². The van der Waals surface area contributed by atoms with E-state index in [1.165, 1.54) is 23.4 Å². The van der Waals surface area contributed by atoms with Crippen LogP contribution in [-0.2, 0) is 0 Å². The van der Waals surface area contributed by atoms with Gasteiger partial charge in [0.2, 0.25) is 5.56 Å². The van der Waals surface area contributed by atoms with Crippen LogP contribution in [0.4, 0.5) is 0 Å². The van der Waals surface area contributed by atoms with Crippen LogP contribution in [-0.4, -0.2) is 22.3 Å². The SMILES string of the molecule is Cc1ccccc1[C@@H]1CCCN1C(=O)c1ccc(=O)[nH]c1. The zero-order valence-electron chi connectivity index (χ0n) is 12.0. The number of rotatable bonds is 2. The molecule has 0 saturated carbocycles. The summed E-state index contributed by atoms with van der Waals surface area (Å²) in [7, 11) is 0. The summed E-state index contributed by atoms with van der Waals surface area (Å²) in [4.78, 5) is 28.3. The lowest BCUT2D eigenvalue weighted by Gasteiger charge is -2.26. The van der Waals surface area contributed by atoms with E-state index in [2.05, 4.69) is 24.0 Å². The van der Waals surface area contributed by atoms with Crippen molar-refractivity contribution in [3.05, 3.63) is 69.6 Å². The quantitative estimate of drug-likeness (QED) is 0.920. The van der Waals surface area contributed by atoms with E-state index in [1.807, 2.05) is 17.0 Å². The van der Waals surface area contributed by atoms with Gasteiger partial charge in [-0.05, 0) is 37.0 Å². The number of amides is 1. The molecule has 1 amide bonds. The third-order valence-corrected chi connectivity index (χ3v) is 4.09. The number of aromatic amines is 1. The summed E-state index contributed by atoms with van der Waals surface area (Å²) in [6.07, 6.45) is 3.49. The first-order chi connectivity index (χ1) is 10.2. The number of nitrogens with one attached hydrogen (secondary N) is 1. The van der Waals surface area contributed by atoms with Crippen molar-refractivity contribution >= 4 is 5.91 Å². The Morgan fingerprint density at radius 3 is 2.76 bits per heavy atom. The van der Waals surface area contributed by atoms with Crippen LogP contribution >= 0.6 is 0 Å². The van der Waals surface area contributed by atoms with E-state index in [0.717, 1.165) is 19.4 Å². The fraction of sp³-hybridized carbons (Fsp3) is 0.294. The van der Waals surface area contributed by atoms with Crippen LogP contribution in [0.5, 0.6) is 0 Å². The Hall–Kier alpha value is -2.36. The van der Waals surface area contributed by atoms with Crippen molar-refractivity contribution in [1.29, 1.82) is 0 Å². The zero-order valence-corrected chi connectivity index (χ0v) is 12.0. The Balaban J connectivity index is 1.90. The van der Waals surface area contributed by atoms with Gasteiger partial charge in [-0.2, -0.15) is 0 Å². The van der Waals surface area contributed by atoms with Gasteiger partial charge in [-0.25, -0.2) is 0 Å². The maximum atomic E-state index is 12.7. The van der Waals surface area contributed by atoms with Crippen molar-refractivity contribution < 1.29 is 4.79 Å².